The Morgan fingerprint density at radius 2 is 1.92 bits per heavy atom. The molecule has 6 nitrogen and oxygen atoms in total. The van der Waals surface area contributed by atoms with E-state index >= 15 is 0 Å². The fourth-order valence-electron chi connectivity index (χ4n) is 3.44. The summed E-state index contributed by atoms with van der Waals surface area (Å²) in [6, 6.07) is 8.42. The van der Waals surface area contributed by atoms with Crippen LogP contribution in [0.4, 0.5) is 0 Å². The third-order valence-corrected chi connectivity index (χ3v) is 5.32. The first-order valence-electron chi connectivity index (χ1n) is 8.30. The molecule has 1 aromatic heterocycles. The van der Waals surface area contributed by atoms with Crippen LogP contribution in [0.2, 0.25) is 0 Å². The lowest BCUT2D eigenvalue weighted by Crippen LogP contribution is -2.41. The van der Waals surface area contributed by atoms with E-state index in [4.69, 9.17) is 4.98 Å². The van der Waals surface area contributed by atoms with Gasteiger partial charge in [-0.25, -0.2) is 13.4 Å². The Labute approximate surface area is 142 Å². The molecule has 0 bridgehead atoms. The summed E-state index contributed by atoms with van der Waals surface area (Å²) in [5.74, 6) is 0.380. The Kier molecular flexibility index (Phi) is 4.62. The van der Waals surface area contributed by atoms with E-state index in [0.29, 0.717) is 19.1 Å². The number of sulfone groups is 1. The van der Waals surface area contributed by atoms with Crippen LogP contribution in [-0.4, -0.2) is 53.9 Å². The number of fused-ring (bicyclic) bond motifs is 1. The molecule has 0 radical (unpaired) electrons. The Bertz CT molecular complexity index is 849. The minimum atomic E-state index is -3.28. The lowest BCUT2D eigenvalue weighted by atomic mass is 10.0. The molecule has 3 rings (SSSR count). The van der Waals surface area contributed by atoms with Gasteiger partial charge < -0.3 is 9.47 Å². The van der Waals surface area contributed by atoms with Gasteiger partial charge in [0.05, 0.1) is 11.0 Å². The molecular weight excluding hydrogens is 326 g/mol. The summed E-state index contributed by atoms with van der Waals surface area (Å²) in [6.45, 7) is 3.28. The van der Waals surface area contributed by atoms with Crippen LogP contribution in [0.3, 0.4) is 0 Å². The molecule has 0 unspecified atom stereocenters. The van der Waals surface area contributed by atoms with E-state index in [-0.39, 0.29) is 5.91 Å². The van der Waals surface area contributed by atoms with Gasteiger partial charge >= 0.3 is 0 Å². The van der Waals surface area contributed by atoms with Gasteiger partial charge in [-0.05, 0) is 25.0 Å². The van der Waals surface area contributed by atoms with Gasteiger partial charge in [0, 0.05) is 31.8 Å². The molecule has 2 heterocycles. The average Bonchev–Trinajstić information content (AvgIpc) is 2.92. The van der Waals surface area contributed by atoms with Crippen molar-refractivity contribution in [3.63, 3.8) is 0 Å². The van der Waals surface area contributed by atoms with E-state index in [0.717, 1.165) is 42.4 Å². The van der Waals surface area contributed by atoms with Gasteiger partial charge in [0.1, 0.15) is 11.6 Å². The van der Waals surface area contributed by atoms with E-state index < -0.39 is 15.6 Å². The molecule has 7 heteroatoms. The maximum atomic E-state index is 12.1. The highest BCUT2D eigenvalue weighted by Gasteiger charge is 2.27. The SMILES string of the molecule is CCc1nc2ccccc2n1C1CCN(C(=O)CS(C)(=O)=O)CC1. The molecule has 24 heavy (non-hydrogen) atoms. The fraction of sp³-hybridized carbons (Fsp3) is 0.529. The van der Waals surface area contributed by atoms with E-state index in [1.807, 2.05) is 18.2 Å². The quantitative estimate of drug-likeness (QED) is 0.844. The maximum Gasteiger partial charge on any atom is 0.237 e. The molecule has 1 aliphatic rings. The van der Waals surface area contributed by atoms with Crippen molar-refractivity contribution < 1.29 is 13.2 Å². The Balaban J connectivity index is 1.77. The number of amides is 1. The van der Waals surface area contributed by atoms with Crippen molar-refractivity contribution in [3.05, 3.63) is 30.1 Å². The third kappa shape index (κ3) is 3.45. The number of carbonyl (C=O) groups excluding carboxylic acids is 1. The number of nitrogens with zero attached hydrogens (tertiary/aromatic N) is 3. The van der Waals surface area contributed by atoms with Crippen molar-refractivity contribution in [3.8, 4) is 0 Å². The van der Waals surface area contributed by atoms with Crippen LogP contribution in [-0.2, 0) is 21.1 Å². The molecule has 1 amide bonds. The number of aryl methyl sites for hydroxylation is 1. The molecule has 0 spiro atoms. The van der Waals surface area contributed by atoms with Crippen LogP contribution in [0, 0.1) is 0 Å². The summed E-state index contributed by atoms with van der Waals surface area (Å²) >= 11 is 0. The van der Waals surface area contributed by atoms with Crippen molar-refractivity contribution in [2.45, 2.75) is 32.2 Å². The number of para-hydroxylation sites is 2. The number of benzene rings is 1. The number of aromatic nitrogens is 2. The summed E-state index contributed by atoms with van der Waals surface area (Å²) in [7, 11) is -3.28. The van der Waals surface area contributed by atoms with Gasteiger partial charge in [-0.2, -0.15) is 0 Å². The second-order valence-corrected chi connectivity index (χ2v) is 8.56. The number of likely N-dealkylation sites (tertiary alicyclic amines) is 1. The highest BCUT2D eigenvalue weighted by atomic mass is 32.2. The van der Waals surface area contributed by atoms with Crippen LogP contribution in [0.15, 0.2) is 24.3 Å². The molecule has 1 saturated heterocycles. The summed E-state index contributed by atoms with van der Waals surface area (Å²) in [4.78, 5) is 18.5. The first-order valence-corrected chi connectivity index (χ1v) is 10.4. The van der Waals surface area contributed by atoms with Gasteiger partial charge in [-0.1, -0.05) is 19.1 Å². The van der Waals surface area contributed by atoms with Crippen molar-refractivity contribution in [2.75, 3.05) is 25.1 Å². The van der Waals surface area contributed by atoms with Crippen LogP contribution in [0.1, 0.15) is 31.6 Å². The number of hydrogen-bond acceptors (Lipinski definition) is 4. The van der Waals surface area contributed by atoms with Crippen molar-refractivity contribution >= 4 is 26.8 Å². The first kappa shape index (κ1) is 17.0. The zero-order valence-electron chi connectivity index (χ0n) is 14.1. The minimum absolute atomic E-state index is 0.290. The van der Waals surface area contributed by atoms with Crippen molar-refractivity contribution in [2.24, 2.45) is 0 Å². The molecule has 0 N–H and O–H groups in total. The normalized spacial score (nSPS) is 16.7. The van der Waals surface area contributed by atoms with Gasteiger partial charge in [-0.3, -0.25) is 4.79 Å². The molecule has 1 aromatic carbocycles. The van der Waals surface area contributed by atoms with Gasteiger partial charge in [-0.15, -0.1) is 0 Å². The van der Waals surface area contributed by atoms with Gasteiger partial charge in [0.2, 0.25) is 5.91 Å². The van der Waals surface area contributed by atoms with Crippen LogP contribution >= 0.6 is 0 Å². The number of hydrogen-bond donors (Lipinski definition) is 0. The smallest absolute Gasteiger partial charge is 0.237 e. The molecule has 0 aliphatic carbocycles. The van der Waals surface area contributed by atoms with E-state index in [9.17, 15) is 13.2 Å². The zero-order valence-corrected chi connectivity index (χ0v) is 14.9. The lowest BCUT2D eigenvalue weighted by molar-refractivity contribution is -0.129. The van der Waals surface area contributed by atoms with Crippen LogP contribution in [0.5, 0.6) is 0 Å². The number of piperidine rings is 1. The predicted octanol–water partition coefficient (Wildman–Crippen LogP) is 1.81. The number of carbonyl (C=O) groups is 1. The summed E-state index contributed by atoms with van der Waals surface area (Å²) < 4.78 is 24.9. The monoisotopic (exact) mass is 349 g/mol. The number of imidazole rings is 1. The number of rotatable bonds is 4. The summed E-state index contributed by atoms with van der Waals surface area (Å²) in [6.07, 6.45) is 3.61. The molecule has 2 aromatic rings. The van der Waals surface area contributed by atoms with Crippen molar-refractivity contribution in [1.29, 1.82) is 0 Å². The Morgan fingerprint density at radius 1 is 1.25 bits per heavy atom. The summed E-state index contributed by atoms with van der Waals surface area (Å²) in [5, 5.41) is 0. The van der Waals surface area contributed by atoms with Gasteiger partial charge in [0.15, 0.2) is 9.84 Å². The molecule has 130 valence electrons. The van der Waals surface area contributed by atoms with Crippen molar-refractivity contribution in [1.82, 2.24) is 14.5 Å². The topological polar surface area (TPSA) is 72.3 Å². The first-order chi connectivity index (χ1) is 11.4. The Morgan fingerprint density at radius 3 is 2.54 bits per heavy atom. The molecule has 1 aliphatic heterocycles. The highest BCUT2D eigenvalue weighted by Crippen LogP contribution is 2.29. The van der Waals surface area contributed by atoms with Crippen LogP contribution in [0.25, 0.3) is 11.0 Å². The van der Waals surface area contributed by atoms with E-state index in [2.05, 4.69) is 17.6 Å². The molecule has 0 saturated carbocycles. The average molecular weight is 349 g/mol. The highest BCUT2D eigenvalue weighted by molar-refractivity contribution is 7.91. The van der Waals surface area contributed by atoms with Gasteiger partial charge in [0.25, 0.3) is 0 Å². The van der Waals surface area contributed by atoms with Crippen LogP contribution < -0.4 is 0 Å². The lowest BCUT2D eigenvalue weighted by Gasteiger charge is -2.33. The van der Waals surface area contributed by atoms with E-state index in [1.165, 1.54) is 0 Å². The predicted molar refractivity (Wildman–Crippen MR) is 93.7 cm³/mol. The molecule has 0 atom stereocenters. The second kappa shape index (κ2) is 6.55. The fourth-order valence-corrected chi connectivity index (χ4v) is 4.07. The third-order valence-electron chi connectivity index (χ3n) is 4.55. The second-order valence-electron chi connectivity index (χ2n) is 6.42. The molecular formula is C17H23N3O3S. The zero-order chi connectivity index (χ0) is 17.3. The maximum absolute atomic E-state index is 12.1. The minimum Gasteiger partial charge on any atom is -0.342 e. The van der Waals surface area contributed by atoms with E-state index in [1.54, 1.807) is 4.90 Å². The molecule has 1 fully saturated rings. The standard InChI is InChI=1S/C17H23N3O3S/c1-3-16-18-14-6-4-5-7-15(14)20(16)13-8-10-19(11-9-13)17(21)12-24(2,22)23/h4-7,13H,3,8-12H2,1-2H3. The summed E-state index contributed by atoms with van der Waals surface area (Å²) in [5.41, 5.74) is 2.14. The largest absolute Gasteiger partial charge is 0.342 e. The Hall–Kier alpha value is -1.89.